The third kappa shape index (κ3) is 4.76. The number of ketones is 1. The van der Waals surface area contributed by atoms with Crippen molar-refractivity contribution in [1.29, 1.82) is 0 Å². The lowest BCUT2D eigenvalue weighted by molar-refractivity contribution is -0.139. The predicted molar refractivity (Wildman–Crippen MR) is 137 cm³/mol. The molecule has 0 aromatic carbocycles. The highest BCUT2D eigenvalue weighted by Crippen LogP contribution is 2.52. The van der Waals surface area contributed by atoms with E-state index in [9.17, 15) is 9.59 Å². The molecule has 3 aliphatic rings. The molecular formula is C29H43NO5. The van der Waals surface area contributed by atoms with Crippen LogP contribution in [-0.4, -0.2) is 29.7 Å². The lowest BCUT2D eigenvalue weighted by Gasteiger charge is -2.36. The van der Waals surface area contributed by atoms with Crippen LogP contribution >= 0.6 is 0 Å². The highest BCUT2D eigenvalue weighted by molar-refractivity contribution is 5.81. The molecule has 1 saturated carbocycles. The molecule has 0 N–H and O–H groups in total. The fourth-order valence-electron chi connectivity index (χ4n) is 6.47. The van der Waals surface area contributed by atoms with Crippen LogP contribution in [0.15, 0.2) is 22.6 Å². The van der Waals surface area contributed by atoms with Gasteiger partial charge in [0, 0.05) is 38.8 Å². The number of pyridine rings is 1. The summed E-state index contributed by atoms with van der Waals surface area (Å²) >= 11 is 0. The van der Waals surface area contributed by atoms with E-state index >= 15 is 0 Å². The number of hydrogen-bond donors (Lipinski definition) is 0. The smallest absolute Gasteiger partial charge is 0.259 e. The largest absolute Gasteiger partial charge is 0.486 e. The first-order valence-corrected chi connectivity index (χ1v) is 13.4. The van der Waals surface area contributed by atoms with Crippen molar-refractivity contribution >= 4 is 5.78 Å². The van der Waals surface area contributed by atoms with Gasteiger partial charge in [0.05, 0.1) is 17.8 Å². The van der Waals surface area contributed by atoms with Gasteiger partial charge in [0.25, 0.3) is 5.56 Å². The zero-order chi connectivity index (χ0) is 25.5. The monoisotopic (exact) mass is 485 g/mol. The summed E-state index contributed by atoms with van der Waals surface area (Å²) in [5.74, 6) is 2.33. The number of aromatic nitrogens is 1. The molecule has 6 nitrogen and oxygen atoms in total. The van der Waals surface area contributed by atoms with Gasteiger partial charge in [-0.1, -0.05) is 40.2 Å². The predicted octanol–water partition coefficient (Wildman–Crippen LogP) is 5.62. The van der Waals surface area contributed by atoms with Crippen LogP contribution in [0.2, 0.25) is 0 Å². The second kappa shape index (κ2) is 10.2. The van der Waals surface area contributed by atoms with Crippen molar-refractivity contribution in [3.8, 4) is 5.75 Å². The van der Waals surface area contributed by atoms with E-state index in [1.165, 1.54) is 12.0 Å². The van der Waals surface area contributed by atoms with Crippen LogP contribution in [0.25, 0.3) is 0 Å². The molecule has 4 rings (SSSR count). The molecular weight excluding hydrogens is 442 g/mol. The van der Waals surface area contributed by atoms with Gasteiger partial charge >= 0.3 is 0 Å². The number of aryl methyl sites for hydroxylation is 1. The van der Waals surface area contributed by atoms with Crippen LogP contribution in [-0.2, 0) is 26.9 Å². The van der Waals surface area contributed by atoms with Crippen LogP contribution in [0.3, 0.4) is 0 Å². The fraction of sp³-hybridized carbons (Fsp3) is 0.724. The number of carbonyl (C=O) groups is 1. The Morgan fingerprint density at radius 2 is 2.06 bits per heavy atom. The average Bonchev–Trinajstić information content (AvgIpc) is 3.13. The molecule has 2 fully saturated rings. The summed E-state index contributed by atoms with van der Waals surface area (Å²) in [6.45, 7) is 11.2. The molecule has 0 bridgehead atoms. The number of nitrogens with zero attached hydrogens (tertiary/aromatic N) is 1. The standard InChI is InChI=1S/C29H43NO5/c1-8-17(2)13-18(3)14-20(5)26-19(4)9-10-23(34-26)25-27-22(16-30(6)28(25)32)29(33-7)12-11-21(31)15-24(29)35-27/h14,16-19,23-24,26H,8-13,15H2,1-7H3/b20-14+/t17?,18?,19-,23+,24-,26-,29+/m1/s1. The molecule has 2 aliphatic heterocycles. The summed E-state index contributed by atoms with van der Waals surface area (Å²) in [6.07, 6.45) is 8.86. The Hall–Kier alpha value is -1.92. The topological polar surface area (TPSA) is 66.8 Å². The van der Waals surface area contributed by atoms with Gasteiger partial charge in [0.15, 0.2) is 0 Å². The minimum atomic E-state index is -0.688. The van der Waals surface area contributed by atoms with Gasteiger partial charge in [-0.3, -0.25) is 9.59 Å². The Morgan fingerprint density at radius 3 is 2.74 bits per heavy atom. The fourth-order valence-corrected chi connectivity index (χ4v) is 6.47. The molecule has 3 heterocycles. The van der Waals surface area contributed by atoms with Crippen molar-refractivity contribution in [3.63, 3.8) is 0 Å². The van der Waals surface area contributed by atoms with Crippen molar-refractivity contribution in [2.24, 2.45) is 24.8 Å². The van der Waals surface area contributed by atoms with Crippen LogP contribution < -0.4 is 10.3 Å². The van der Waals surface area contributed by atoms with E-state index in [2.05, 4.69) is 40.7 Å². The van der Waals surface area contributed by atoms with Crippen molar-refractivity contribution in [1.82, 2.24) is 4.57 Å². The first-order valence-electron chi connectivity index (χ1n) is 13.4. The van der Waals surface area contributed by atoms with Gasteiger partial charge in [0.2, 0.25) is 0 Å². The molecule has 1 saturated heterocycles. The van der Waals surface area contributed by atoms with Crippen molar-refractivity contribution < 1.29 is 19.0 Å². The highest BCUT2D eigenvalue weighted by Gasteiger charge is 2.54. The van der Waals surface area contributed by atoms with Crippen LogP contribution in [0.1, 0.15) is 96.8 Å². The maximum absolute atomic E-state index is 13.5. The Morgan fingerprint density at radius 1 is 1.31 bits per heavy atom. The molecule has 0 amide bonds. The first-order chi connectivity index (χ1) is 16.6. The Labute approximate surface area is 210 Å². The lowest BCUT2D eigenvalue weighted by Crippen LogP contribution is -2.45. The van der Waals surface area contributed by atoms with Gasteiger partial charge in [0.1, 0.15) is 23.2 Å². The zero-order valence-electron chi connectivity index (χ0n) is 22.6. The van der Waals surface area contributed by atoms with Crippen LogP contribution in [0.5, 0.6) is 5.75 Å². The van der Waals surface area contributed by atoms with Crippen LogP contribution in [0.4, 0.5) is 0 Å². The second-order valence-corrected chi connectivity index (χ2v) is 11.4. The molecule has 2 unspecified atom stereocenters. The third-order valence-corrected chi connectivity index (χ3v) is 8.65. The summed E-state index contributed by atoms with van der Waals surface area (Å²) in [5.41, 5.74) is 1.93. The van der Waals surface area contributed by atoms with Crippen molar-refractivity contribution in [3.05, 3.63) is 39.3 Å². The van der Waals surface area contributed by atoms with E-state index in [0.717, 1.165) is 24.8 Å². The molecule has 194 valence electrons. The van der Waals surface area contributed by atoms with E-state index in [4.69, 9.17) is 14.2 Å². The quantitative estimate of drug-likeness (QED) is 0.469. The number of fused-ring (bicyclic) bond motifs is 3. The molecule has 0 radical (unpaired) electrons. The average molecular weight is 486 g/mol. The molecule has 1 aromatic heterocycles. The van der Waals surface area contributed by atoms with E-state index in [0.29, 0.717) is 48.3 Å². The number of hydrogen-bond acceptors (Lipinski definition) is 5. The van der Waals surface area contributed by atoms with E-state index in [1.807, 2.05) is 6.20 Å². The summed E-state index contributed by atoms with van der Waals surface area (Å²) in [5, 5.41) is 0. The molecule has 1 aliphatic carbocycles. The molecule has 1 aromatic rings. The molecule has 0 spiro atoms. The Kier molecular flexibility index (Phi) is 7.63. The Bertz CT molecular complexity index is 1040. The molecule has 35 heavy (non-hydrogen) atoms. The minimum absolute atomic E-state index is 0.0321. The normalized spacial score (nSPS) is 32.5. The molecule has 6 heteroatoms. The maximum Gasteiger partial charge on any atom is 0.259 e. The van der Waals surface area contributed by atoms with Gasteiger partial charge in [-0.25, -0.2) is 0 Å². The van der Waals surface area contributed by atoms with Gasteiger partial charge in [-0.15, -0.1) is 0 Å². The highest BCUT2D eigenvalue weighted by atomic mass is 16.6. The number of allylic oxidation sites excluding steroid dienone is 1. The third-order valence-electron chi connectivity index (χ3n) is 8.65. The lowest BCUT2D eigenvalue weighted by atomic mass is 9.78. The summed E-state index contributed by atoms with van der Waals surface area (Å²) < 4.78 is 20.8. The number of rotatable bonds is 7. The van der Waals surface area contributed by atoms with Gasteiger partial charge in [-0.2, -0.15) is 0 Å². The van der Waals surface area contributed by atoms with E-state index in [-0.39, 0.29) is 23.6 Å². The first kappa shape index (κ1) is 26.2. The zero-order valence-corrected chi connectivity index (χ0v) is 22.6. The summed E-state index contributed by atoms with van der Waals surface area (Å²) in [6, 6.07) is 0. The number of Topliss-reactive ketones (excluding diaryl/α,β-unsaturated/α-hetero) is 1. The second-order valence-electron chi connectivity index (χ2n) is 11.4. The minimum Gasteiger partial charge on any atom is -0.486 e. The van der Waals surface area contributed by atoms with Crippen LogP contribution in [0, 0.1) is 17.8 Å². The van der Waals surface area contributed by atoms with Crippen molar-refractivity contribution in [2.45, 2.75) is 103 Å². The summed E-state index contributed by atoms with van der Waals surface area (Å²) in [4.78, 5) is 25.7. The Balaban J connectivity index is 1.67. The van der Waals surface area contributed by atoms with E-state index in [1.54, 1.807) is 18.7 Å². The molecule has 7 atom stereocenters. The van der Waals surface area contributed by atoms with Gasteiger partial charge in [-0.05, 0) is 55.9 Å². The number of ether oxygens (including phenoxy) is 3. The SMILES string of the molecule is CCC(C)CC(C)/C=C(\C)[C@@H]1O[C@H](c2c3c(cn(C)c2=O)[C@@]2(OC)CCC(=O)C[C@H]2O3)CC[C@H]1C. The van der Waals surface area contributed by atoms with Crippen molar-refractivity contribution in [2.75, 3.05) is 7.11 Å². The summed E-state index contributed by atoms with van der Waals surface area (Å²) in [7, 11) is 3.46. The number of carbonyl (C=O) groups excluding carboxylic acids is 1. The maximum atomic E-state index is 13.5. The van der Waals surface area contributed by atoms with Gasteiger partial charge < -0.3 is 18.8 Å². The van der Waals surface area contributed by atoms with E-state index < -0.39 is 11.7 Å². The number of methoxy groups -OCH3 is 1.